The molecule has 0 aliphatic heterocycles. The van der Waals surface area contributed by atoms with Crippen molar-refractivity contribution in [1.29, 1.82) is 0 Å². The fraction of sp³-hybridized carbons (Fsp3) is 0.923. The van der Waals surface area contributed by atoms with Crippen molar-refractivity contribution in [1.82, 2.24) is 0 Å². The van der Waals surface area contributed by atoms with E-state index in [0.717, 1.165) is 37.0 Å². The van der Waals surface area contributed by atoms with Crippen molar-refractivity contribution in [3.8, 4) is 0 Å². The summed E-state index contributed by atoms with van der Waals surface area (Å²) in [4.78, 5) is 22.5. The van der Waals surface area contributed by atoms with E-state index in [-0.39, 0.29) is 12.1 Å². The van der Waals surface area contributed by atoms with Gasteiger partial charge in [-0.1, -0.05) is 20.8 Å². The first kappa shape index (κ1) is 22.1. The molecule has 9 atom stereocenters. The highest BCUT2D eigenvalue weighted by atomic mass is 16.5. The molecule has 4 heteroatoms. The summed E-state index contributed by atoms with van der Waals surface area (Å²) < 4.78 is 5.61. The van der Waals surface area contributed by atoms with Crippen LogP contribution in [0.2, 0.25) is 0 Å². The predicted octanol–water partition coefficient (Wildman–Crippen LogP) is 6.08. The summed E-state index contributed by atoms with van der Waals surface area (Å²) >= 11 is 0. The van der Waals surface area contributed by atoms with Crippen molar-refractivity contribution in [3.63, 3.8) is 0 Å². The van der Waals surface area contributed by atoms with Crippen LogP contribution in [-0.2, 0) is 14.3 Å². The van der Waals surface area contributed by atoms with Gasteiger partial charge in [-0.3, -0.25) is 9.59 Å². The van der Waals surface area contributed by atoms with Crippen LogP contribution in [0.1, 0.15) is 98.3 Å². The SMILES string of the molecule is CC(=O)OC1CC[C@@]2(C)C(CC[C@H]3[C@@H]4CC[C@H]([C@H](C)CCC(=O)O)[C@@]4(C)CC[C@@H]32)C1. The molecule has 0 heterocycles. The predicted molar refractivity (Wildman–Crippen MR) is 117 cm³/mol. The van der Waals surface area contributed by atoms with Gasteiger partial charge in [0.2, 0.25) is 0 Å². The van der Waals surface area contributed by atoms with Gasteiger partial charge in [0.05, 0.1) is 0 Å². The minimum atomic E-state index is -0.652. The summed E-state index contributed by atoms with van der Waals surface area (Å²) in [5, 5.41) is 9.13. The Labute approximate surface area is 182 Å². The normalized spacial score (nSPS) is 46.3. The average molecular weight is 419 g/mol. The van der Waals surface area contributed by atoms with Gasteiger partial charge in [-0.05, 0) is 111 Å². The zero-order valence-electron chi connectivity index (χ0n) is 19.5. The molecule has 4 fully saturated rings. The minimum absolute atomic E-state index is 0.125. The molecule has 4 rings (SSSR count). The number of hydrogen-bond donors (Lipinski definition) is 1. The Balaban J connectivity index is 1.47. The lowest BCUT2D eigenvalue weighted by Gasteiger charge is -2.61. The molecule has 0 radical (unpaired) electrons. The Morgan fingerprint density at radius 1 is 1.00 bits per heavy atom. The zero-order chi connectivity index (χ0) is 21.7. The summed E-state index contributed by atoms with van der Waals surface area (Å²) in [5.41, 5.74) is 0.811. The van der Waals surface area contributed by atoms with Gasteiger partial charge >= 0.3 is 11.9 Å². The van der Waals surface area contributed by atoms with Crippen LogP contribution in [0.3, 0.4) is 0 Å². The third-order valence-corrected chi connectivity index (χ3v) is 10.5. The summed E-state index contributed by atoms with van der Waals surface area (Å²) in [6, 6.07) is 0. The summed E-state index contributed by atoms with van der Waals surface area (Å²) in [7, 11) is 0. The minimum Gasteiger partial charge on any atom is -0.481 e. The Hall–Kier alpha value is -1.06. The Morgan fingerprint density at radius 2 is 1.70 bits per heavy atom. The highest BCUT2D eigenvalue weighted by Crippen LogP contribution is 2.68. The van der Waals surface area contributed by atoms with Crippen LogP contribution in [0.4, 0.5) is 0 Å². The van der Waals surface area contributed by atoms with E-state index >= 15 is 0 Å². The van der Waals surface area contributed by atoms with E-state index in [1.54, 1.807) is 6.92 Å². The fourth-order valence-electron chi connectivity index (χ4n) is 9.09. The maximum atomic E-state index is 11.5. The van der Waals surface area contributed by atoms with Crippen molar-refractivity contribution in [2.45, 2.75) is 104 Å². The molecule has 4 aliphatic carbocycles. The maximum absolute atomic E-state index is 11.5. The topological polar surface area (TPSA) is 63.6 Å². The van der Waals surface area contributed by atoms with Crippen LogP contribution >= 0.6 is 0 Å². The molecule has 0 aromatic heterocycles. The number of carbonyl (C=O) groups excluding carboxylic acids is 1. The number of carbonyl (C=O) groups is 2. The van der Waals surface area contributed by atoms with E-state index in [1.807, 2.05) is 0 Å². The van der Waals surface area contributed by atoms with Crippen molar-refractivity contribution < 1.29 is 19.4 Å². The van der Waals surface area contributed by atoms with E-state index in [9.17, 15) is 9.59 Å². The van der Waals surface area contributed by atoms with Crippen LogP contribution < -0.4 is 0 Å². The van der Waals surface area contributed by atoms with Gasteiger partial charge in [-0.15, -0.1) is 0 Å². The Kier molecular flexibility index (Phi) is 6.00. The largest absolute Gasteiger partial charge is 0.481 e. The first-order valence-electron chi connectivity index (χ1n) is 12.5. The lowest BCUT2D eigenvalue weighted by molar-refractivity contribution is -0.160. The highest BCUT2D eigenvalue weighted by molar-refractivity contribution is 5.66. The maximum Gasteiger partial charge on any atom is 0.303 e. The third kappa shape index (κ3) is 3.71. The molecule has 2 unspecified atom stereocenters. The van der Waals surface area contributed by atoms with E-state index < -0.39 is 5.97 Å². The van der Waals surface area contributed by atoms with Crippen molar-refractivity contribution >= 4 is 11.9 Å². The molecule has 0 aromatic rings. The molecule has 0 aromatic carbocycles. The molecule has 4 aliphatic rings. The van der Waals surface area contributed by atoms with E-state index in [4.69, 9.17) is 9.84 Å². The van der Waals surface area contributed by atoms with Crippen molar-refractivity contribution in [3.05, 3.63) is 0 Å². The molecule has 4 saturated carbocycles. The van der Waals surface area contributed by atoms with Crippen molar-refractivity contribution in [2.75, 3.05) is 0 Å². The molecule has 0 spiro atoms. The van der Waals surface area contributed by atoms with E-state index in [0.29, 0.717) is 35.0 Å². The number of carboxylic acid groups (broad SMARTS) is 1. The monoisotopic (exact) mass is 418 g/mol. The molecule has 0 bridgehead atoms. The zero-order valence-corrected chi connectivity index (χ0v) is 19.5. The van der Waals surface area contributed by atoms with Crippen LogP contribution in [0, 0.1) is 46.3 Å². The molecule has 0 amide bonds. The van der Waals surface area contributed by atoms with Crippen molar-refractivity contribution in [2.24, 2.45) is 46.3 Å². The average Bonchev–Trinajstić information content (AvgIpc) is 3.03. The highest BCUT2D eigenvalue weighted by Gasteiger charge is 2.60. The van der Waals surface area contributed by atoms with Crippen LogP contribution in [0.5, 0.6) is 0 Å². The van der Waals surface area contributed by atoms with Gasteiger partial charge in [0, 0.05) is 13.3 Å². The van der Waals surface area contributed by atoms with Crippen LogP contribution in [0.25, 0.3) is 0 Å². The lowest BCUT2D eigenvalue weighted by Crippen LogP contribution is -2.54. The second-order valence-electron chi connectivity index (χ2n) is 11.8. The molecule has 4 nitrogen and oxygen atoms in total. The van der Waals surface area contributed by atoms with Gasteiger partial charge in [0.15, 0.2) is 0 Å². The number of aliphatic carboxylic acids is 1. The van der Waals surface area contributed by atoms with Gasteiger partial charge in [-0.25, -0.2) is 0 Å². The summed E-state index contributed by atoms with van der Waals surface area (Å²) in [6.45, 7) is 8.96. The van der Waals surface area contributed by atoms with E-state index in [2.05, 4.69) is 20.8 Å². The fourth-order valence-corrected chi connectivity index (χ4v) is 9.09. The number of esters is 1. The van der Waals surface area contributed by atoms with Crippen LogP contribution in [-0.4, -0.2) is 23.1 Å². The molecular formula is C26H42O4. The smallest absolute Gasteiger partial charge is 0.303 e. The molecule has 170 valence electrons. The number of hydrogen-bond acceptors (Lipinski definition) is 3. The number of fused-ring (bicyclic) bond motifs is 5. The van der Waals surface area contributed by atoms with Gasteiger partial charge in [0.25, 0.3) is 0 Å². The second kappa shape index (κ2) is 8.13. The molecule has 0 saturated heterocycles. The van der Waals surface area contributed by atoms with Crippen LogP contribution in [0.15, 0.2) is 0 Å². The quantitative estimate of drug-likeness (QED) is 0.550. The molecule has 1 N–H and O–H groups in total. The van der Waals surface area contributed by atoms with Gasteiger partial charge < -0.3 is 9.84 Å². The standard InChI is InChI=1S/C26H42O4/c1-16(5-10-24(28)29)21-8-9-22-20-7-6-18-15-19(30-17(2)27)11-13-25(18,3)23(20)12-14-26(21,22)4/h16,18-23H,5-15H2,1-4H3,(H,28,29)/t16-,18?,19?,20+,21-,22+,23+,25+,26-/m1/s1. The Morgan fingerprint density at radius 3 is 2.40 bits per heavy atom. The number of carboxylic acids is 1. The Bertz CT molecular complexity index is 674. The third-order valence-electron chi connectivity index (χ3n) is 10.5. The summed E-state index contributed by atoms with van der Waals surface area (Å²) in [5.74, 6) is 3.60. The second-order valence-corrected chi connectivity index (χ2v) is 11.8. The van der Waals surface area contributed by atoms with E-state index in [1.165, 1.54) is 44.9 Å². The molecule has 30 heavy (non-hydrogen) atoms. The number of ether oxygens (including phenoxy) is 1. The molecular weight excluding hydrogens is 376 g/mol. The summed E-state index contributed by atoms with van der Waals surface area (Å²) in [6.07, 6.45) is 12.5. The first-order chi connectivity index (χ1) is 14.1. The lowest BCUT2D eigenvalue weighted by atomic mass is 9.44. The van der Waals surface area contributed by atoms with Gasteiger partial charge in [0.1, 0.15) is 6.10 Å². The van der Waals surface area contributed by atoms with Gasteiger partial charge in [-0.2, -0.15) is 0 Å². The first-order valence-corrected chi connectivity index (χ1v) is 12.5. The number of rotatable bonds is 5.